The van der Waals surface area contributed by atoms with E-state index >= 15 is 0 Å². The lowest BCUT2D eigenvalue weighted by atomic mass is 9.83. The molecule has 0 heterocycles. The lowest BCUT2D eigenvalue weighted by molar-refractivity contribution is 0.0129. The van der Waals surface area contributed by atoms with Gasteiger partial charge in [-0.25, -0.2) is 5.32 Å². The first-order valence-electron chi connectivity index (χ1n) is 4.92. The molecule has 1 aliphatic carbocycles. The molecule has 71 valence electrons. The second-order valence-corrected chi connectivity index (χ2v) is 4.47. The van der Waals surface area contributed by atoms with Crippen molar-refractivity contribution in [2.24, 2.45) is 0 Å². The molecule has 2 nitrogen and oxygen atoms in total. The van der Waals surface area contributed by atoms with Crippen molar-refractivity contribution in [3.05, 3.63) is 0 Å². The van der Waals surface area contributed by atoms with Gasteiger partial charge in [0.15, 0.2) is 0 Å². The van der Waals surface area contributed by atoms with Gasteiger partial charge in [0.2, 0.25) is 0 Å². The van der Waals surface area contributed by atoms with Crippen LogP contribution >= 0.6 is 0 Å². The normalized spacial score (nSPS) is 37.2. The molecule has 0 amide bonds. The predicted octanol–water partition coefficient (Wildman–Crippen LogP) is 1.69. The summed E-state index contributed by atoms with van der Waals surface area (Å²) < 4.78 is 0. The largest absolute Gasteiger partial charge is 0.390 e. The van der Waals surface area contributed by atoms with Crippen LogP contribution in [0.5, 0.6) is 0 Å². The first-order chi connectivity index (χ1) is 5.49. The fourth-order valence-corrected chi connectivity index (χ4v) is 1.80. The average molecular weight is 170 g/mol. The maximum absolute atomic E-state index is 9.68. The number of rotatable bonds is 2. The van der Waals surface area contributed by atoms with Crippen LogP contribution in [0.2, 0.25) is 0 Å². The van der Waals surface area contributed by atoms with Gasteiger partial charge in [-0.05, 0) is 46.5 Å². The summed E-state index contributed by atoms with van der Waals surface area (Å²) >= 11 is 0. The fourth-order valence-electron chi connectivity index (χ4n) is 1.80. The van der Waals surface area contributed by atoms with E-state index in [9.17, 15) is 5.11 Å². The summed E-state index contributed by atoms with van der Waals surface area (Å²) in [5.74, 6) is 0. The Morgan fingerprint density at radius 1 is 1.33 bits per heavy atom. The molecule has 0 bridgehead atoms. The minimum absolute atomic E-state index is 0.414. The summed E-state index contributed by atoms with van der Waals surface area (Å²) in [6.45, 7) is 6.16. The highest BCUT2D eigenvalue weighted by molar-refractivity contribution is 4.84. The van der Waals surface area contributed by atoms with Crippen LogP contribution in [0, 0.1) is 0 Å². The molecule has 0 aromatic carbocycles. The average Bonchev–Trinajstić information content (AvgIpc) is 1.93. The van der Waals surface area contributed by atoms with E-state index in [-0.39, 0.29) is 0 Å². The molecular formula is C10H20NO. The van der Waals surface area contributed by atoms with Crippen molar-refractivity contribution >= 4 is 0 Å². The molecular weight excluding hydrogens is 150 g/mol. The van der Waals surface area contributed by atoms with Gasteiger partial charge >= 0.3 is 0 Å². The Morgan fingerprint density at radius 3 is 2.25 bits per heavy atom. The van der Waals surface area contributed by atoms with Gasteiger partial charge in [0.1, 0.15) is 0 Å². The molecule has 0 spiro atoms. The minimum atomic E-state index is -0.414. The Morgan fingerprint density at radius 2 is 1.83 bits per heavy atom. The van der Waals surface area contributed by atoms with Crippen molar-refractivity contribution in [3.8, 4) is 0 Å². The molecule has 0 aromatic heterocycles. The third-order valence-corrected chi connectivity index (χ3v) is 2.54. The van der Waals surface area contributed by atoms with Gasteiger partial charge in [-0.2, -0.15) is 0 Å². The number of nitrogens with zero attached hydrogens (tertiary/aromatic N) is 1. The van der Waals surface area contributed by atoms with Crippen molar-refractivity contribution < 1.29 is 5.11 Å². The molecule has 12 heavy (non-hydrogen) atoms. The first-order valence-corrected chi connectivity index (χ1v) is 4.92. The van der Waals surface area contributed by atoms with Crippen molar-refractivity contribution in [2.75, 3.05) is 0 Å². The summed E-state index contributed by atoms with van der Waals surface area (Å²) in [6, 6.07) is 0.947. The number of hydrogen-bond donors (Lipinski definition) is 1. The zero-order valence-corrected chi connectivity index (χ0v) is 8.38. The van der Waals surface area contributed by atoms with E-state index in [0.717, 1.165) is 25.7 Å². The third kappa shape index (κ3) is 3.11. The Bertz CT molecular complexity index is 133. The van der Waals surface area contributed by atoms with Crippen molar-refractivity contribution in [2.45, 2.75) is 64.1 Å². The van der Waals surface area contributed by atoms with Crippen LogP contribution in [0.1, 0.15) is 46.5 Å². The topological polar surface area (TPSA) is 34.3 Å². The van der Waals surface area contributed by atoms with Crippen LogP contribution in [-0.2, 0) is 0 Å². The van der Waals surface area contributed by atoms with Gasteiger partial charge < -0.3 is 5.11 Å². The van der Waals surface area contributed by atoms with Crippen LogP contribution < -0.4 is 5.32 Å². The van der Waals surface area contributed by atoms with Gasteiger partial charge in [-0.1, -0.05) is 0 Å². The molecule has 1 radical (unpaired) electrons. The standard InChI is InChI=1S/C10H20NO/c1-8(2)11-9-4-6-10(3,12)7-5-9/h8-9,12H,4-7H2,1-3H3/t9-,10-. The van der Waals surface area contributed by atoms with E-state index in [2.05, 4.69) is 19.2 Å². The maximum atomic E-state index is 9.68. The molecule has 0 aromatic rings. The summed E-state index contributed by atoms with van der Waals surface area (Å²) in [7, 11) is 0. The second kappa shape index (κ2) is 3.75. The zero-order valence-electron chi connectivity index (χ0n) is 8.38. The van der Waals surface area contributed by atoms with Gasteiger partial charge in [0, 0.05) is 12.1 Å². The number of hydrogen-bond acceptors (Lipinski definition) is 1. The summed E-state index contributed by atoms with van der Waals surface area (Å²) in [4.78, 5) is 0. The smallest absolute Gasteiger partial charge is 0.0621 e. The molecule has 0 saturated heterocycles. The molecule has 0 unspecified atom stereocenters. The monoisotopic (exact) mass is 170 g/mol. The molecule has 0 atom stereocenters. The van der Waals surface area contributed by atoms with E-state index in [1.54, 1.807) is 0 Å². The van der Waals surface area contributed by atoms with E-state index in [0.29, 0.717) is 12.1 Å². The van der Waals surface area contributed by atoms with Gasteiger partial charge in [0.25, 0.3) is 0 Å². The Balaban J connectivity index is 2.27. The number of aliphatic hydroxyl groups is 1. The Labute approximate surface area is 75.4 Å². The summed E-state index contributed by atoms with van der Waals surface area (Å²) in [5.41, 5.74) is -0.414. The minimum Gasteiger partial charge on any atom is -0.390 e. The van der Waals surface area contributed by atoms with Gasteiger partial charge in [0.05, 0.1) is 5.60 Å². The van der Waals surface area contributed by atoms with Crippen molar-refractivity contribution in [3.63, 3.8) is 0 Å². The van der Waals surface area contributed by atoms with Crippen LogP contribution in [0.4, 0.5) is 0 Å². The van der Waals surface area contributed by atoms with Crippen LogP contribution in [0.15, 0.2) is 0 Å². The molecule has 1 N–H and O–H groups in total. The van der Waals surface area contributed by atoms with Crippen molar-refractivity contribution in [1.29, 1.82) is 0 Å². The highest BCUT2D eigenvalue weighted by Crippen LogP contribution is 2.28. The van der Waals surface area contributed by atoms with Gasteiger partial charge in [-0.15, -0.1) is 0 Å². The van der Waals surface area contributed by atoms with E-state index < -0.39 is 5.60 Å². The highest BCUT2D eigenvalue weighted by Gasteiger charge is 2.28. The first kappa shape index (κ1) is 10.0. The SMILES string of the molecule is CC(C)[N][C@H]1CC[C@](C)(O)CC1. The lowest BCUT2D eigenvalue weighted by Crippen LogP contribution is -2.38. The third-order valence-electron chi connectivity index (χ3n) is 2.54. The van der Waals surface area contributed by atoms with Crippen LogP contribution in [0.3, 0.4) is 0 Å². The molecule has 1 aliphatic rings. The van der Waals surface area contributed by atoms with E-state index in [1.165, 1.54) is 0 Å². The van der Waals surface area contributed by atoms with Gasteiger partial charge in [-0.3, -0.25) is 0 Å². The molecule has 0 aliphatic heterocycles. The van der Waals surface area contributed by atoms with E-state index in [1.807, 2.05) is 6.92 Å². The summed E-state index contributed by atoms with van der Waals surface area (Å²) in [5, 5.41) is 14.3. The maximum Gasteiger partial charge on any atom is 0.0621 e. The second-order valence-electron chi connectivity index (χ2n) is 4.47. The lowest BCUT2D eigenvalue weighted by Gasteiger charge is -2.33. The zero-order chi connectivity index (χ0) is 9.19. The molecule has 1 saturated carbocycles. The fraction of sp³-hybridized carbons (Fsp3) is 1.00. The Hall–Kier alpha value is -0.0800. The van der Waals surface area contributed by atoms with E-state index in [4.69, 9.17) is 0 Å². The molecule has 1 fully saturated rings. The predicted molar refractivity (Wildman–Crippen MR) is 50.1 cm³/mol. The van der Waals surface area contributed by atoms with Crippen molar-refractivity contribution in [1.82, 2.24) is 5.32 Å². The Kier molecular flexibility index (Phi) is 3.13. The molecule has 1 rings (SSSR count). The van der Waals surface area contributed by atoms with Crippen LogP contribution in [-0.4, -0.2) is 22.8 Å². The summed E-state index contributed by atoms with van der Waals surface area (Å²) in [6.07, 6.45) is 3.94. The van der Waals surface area contributed by atoms with Crippen LogP contribution in [0.25, 0.3) is 0 Å². The highest BCUT2D eigenvalue weighted by atomic mass is 16.3. The quantitative estimate of drug-likeness (QED) is 0.672. The molecule has 2 heteroatoms.